The Morgan fingerprint density at radius 2 is 1.85 bits per heavy atom. The van der Waals surface area contributed by atoms with E-state index in [4.69, 9.17) is 10.5 Å². The molecule has 2 aromatic rings. The molecule has 106 valence electrons. The number of nitrogens with zero attached hydrogens (tertiary/aromatic N) is 3. The molecule has 5 heteroatoms. The van der Waals surface area contributed by atoms with E-state index in [1.54, 1.807) is 7.11 Å². The second kappa shape index (κ2) is 6.86. The van der Waals surface area contributed by atoms with Crippen LogP contribution in [-0.4, -0.2) is 30.4 Å². The van der Waals surface area contributed by atoms with E-state index in [0.29, 0.717) is 6.54 Å². The van der Waals surface area contributed by atoms with E-state index < -0.39 is 0 Å². The first-order chi connectivity index (χ1) is 9.74. The second-order valence-electron chi connectivity index (χ2n) is 4.52. The van der Waals surface area contributed by atoms with Crippen LogP contribution in [0, 0.1) is 6.92 Å². The smallest absolute Gasteiger partial charge is 0.155 e. The highest BCUT2D eigenvalue weighted by Gasteiger charge is 2.10. The third kappa shape index (κ3) is 3.45. The number of anilines is 2. The van der Waals surface area contributed by atoms with Gasteiger partial charge in [0.05, 0.1) is 12.8 Å². The minimum atomic E-state index is 0.645. The van der Waals surface area contributed by atoms with E-state index in [0.717, 1.165) is 35.9 Å². The summed E-state index contributed by atoms with van der Waals surface area (Å²) in [5.74, 6) is 1.66. The number of aromatic nitrogens is 2. The van der Waals surface area contributed by atoms with Crippen LogP contribution in [0.15, 0.2) is 36.4 Å². The lowest BCUT2D eigenvalue weighted by Crippen LogP contribution is -2.22. The van der Waals surface area contributed by atoms with Crippen LogP contribution in [0.2, 0.25) is 0 Å². The average Bonchev–Trinajstić information content (AvgIpc) is 2.50. The minimum absolute atomic E-state index is 0.645. The Morgan fingerprint density at radius 1 is 1.10 bits per heavy atom. The van der Waals surface area contributed by atoms with E-state index in [9.17, 15) is 0 Å². The lowest BCUT2D eigenvalue weighted by Gasteiger charge is -2.23. The van der Waals surface area contributed by atoms with Crippen molar-refractivity contribution < 1.29 is 4.74 Å². The molecular formula is C15H20N4O. The monoisotopic (exact) mass is 272 g/mol. The number of nitrogens with two attached hydrogens (primary N) is 1. The van der Waals surface area contributed by atoms with Crippen LogP contribution >= 0.6 is 0 Å². The number of ether oxygens (including phenoxy) is 1. The van der Waals surface area contributed by atoms with Crippen LogP contribution in [-0.2, 0) is 0 Å². The van der Waals surface area contributed by atoms with Crippen LogP contribution < -0.4 is 15.4 Å². The third-order valence-electron chi connectivity index (χ3n) is 3.03. The standard InChI is InChI=1S/C15H20N4O/c1-12-4-9-15(18-17-12)19(11-3-10-16)13-5-7-14(20-2)8-6-13/h4-9H,3,10-11,16H2,1-2H3. The summed E-state index contributed by atoms with van der Waals surface area (Å²) in [5, 5.41) is 8.37. The summed E-state index contributed by atoms with van der Waals surface area (Å²) in [7, 11) is 1.66. The van der Waals surface area contributed by atoms with Crippen molar-refractivity contribution in [3.05, 3.63) is 42.1 Å². The molecule has 0 saturated heterocycles. The molecule has 20 heavy (non-hydrogen) atoms. The Hall–Kier alpha value is -2.14. The summed E-state index contributed by atoms with van der Waals surface area (Å²) >= 11 is 0. The highest BCUT2D eigenvalue weighted by atomic mass is 16.5. The number of aryl methyl sites for hydroxylation is 1. The summed E-state index contributed by atoms with van der Waals surface area (Å²) in [6, 6.07) is 11.8. The molecule has 1 aromatic heterocycles. The van der Waals surface area contributed by atoms with Gasteiger partial charge in [0.15, 0.2) is 5.82 Å². The summed E-state index contributed by atoms with van der Waals surface area (Å²) < 4.78 is 5.19. The van der Waals surface area contributed by atoms with E-state index in [1.165, 1.54) is 0 Å². The van der Waals surface area contributed by atoms with Gasteiger partial charge in [-0.3, -0.25) is 0 Å². The number of methoxy groups -OCH3 is 1. The molecule has 0 aliphatic rings. The highest BCUT2D eigenvalue weighted by Crippen LogP contribution is 2.25. The van der Waals surface area contributed by atoms with Gasteiger partial charge in [-0.05, 0) is 56.3 Å². The molecule has 0 bridgehead atoms. The molecule has 0 fully saturated rings. The van der Waals surface area contributed by atoms with Gasteiger partial charge in [0, 0.05) is 12.2 Å². The zero-order valence-electron chi connectivity index (χ0n) is 11.9. The maximum Gasteiger partial charge on any atom is 0.155 e. The number of rotatable bonds is 6. The Kier molecular flexibility index (Phi) is 4.90. The van der Waals surface area contributed by atoms with Gasteiger partial charge in [0.2, 0.25) is 0 Å². The summed E-state index contributed by atoms with van der Waals surface area (Å²) in [5.41, 5.74) is 7.58. The van der Waals surface area contributed by atoms with Gasteiger partial charge < -0.3 is 15.4 Å². The van der Waals surface area contributed by atoms with Gasteiger partial charge in [-0.25, -0.2) is 0 Å². The van der Waals surface area contributed by atoms with Gasteiger partial charge >= 0.3 is 0 Å². The normalized spacial score (nSPS) is 10.3. The van der Waals surface area contributed by atoms with Crippen molar-refractivity contribution in [2.24, 2.45) is 5.73 Å². The van der Waals surface area contributed by atoms with E-state index in [2.05, 4.69) is 15.1 Å². The Bertz CT molecular complexity index is 525. The predicted octanol–water partition coefficient (Wildman–Crippen LogP) is 2.28. The molecule has 0 radical (unpaired) electrons. The molecule has 0 aliphatic heterocycles. The molecular weight excluding hydrogens is 252 g/mol. The van der Waals surface area contributed by atoms with Gasteiger partial charge in [0.25, 0.3) is 0 Å². The molecule has 2 N–H and O–H groups in total. The van der Waals surface area contributed by atoms with Gasteiger partial charge in [-0.2, -0.15) is 5.10 Å². The minimum Gasteiger partial charge on any atom is -0.497 e. The fraction of sp³-hybridized carbons (Fsp3) is 0.333. The molecule has 0 atom stereocenters. The maximum atomic E-state index is 5.62. The van der Waals surface area contributed by atoms with Crippen LogP contribution in [0.1, 0.15) is 12.1 Å². The largest absolute Gasteiger partial charge is 0.497 e. The fourth-order valence-corrected chi connectivity index (χ4v) is 1.92. The molecule has 0 unspecified atom stereocenters. The number of hydrogen-bond donors (Lipinski definition) is 1. The SMILES string of the molecule is COc1ccc(N(CCCN)c2ccc(C)nn2)cc1. The Labute approximate surface area is 119 Å². The van der Waals surface area contributed by atoms with Crippen molar-refractivity contribution in [2.45, 2.75) is 13.3 Å². The first-order valence-electron chi connectivity index (χ1n) is 6.66. The summed E-state index contributed by atoms with van der Waals surface area (Å²) in [6.07, 6.45) is 0.890. The summed E-state index contributed by atoms with van der Waals surface area (Å²) in [4.78, 5) is 2.11. The van der Waals surface area contributed by atoms with Crippen LogP contribution in [0.3, 0.4) is 0 Å². The maximum absolute atomic E-state index is 5.62. The van der Waals surface area contributed by atoms with Gasteiger partial charge in [0.1, 0.15) is 5.75 Å². The van der Waals surface area contributed by atoms with E-state index in [-0.39, 0.29) is 0 Å². The molecule has 1 aromatic carbocycles. The molecule has 0 saturated carbocycles. The van der Waals surface area contributed by atoms with Crippen LogP contribution in [0.25, 0.3) is 0 Å². The Morgan fingerprint density at radius 3 is 2.40 bits per heavy atom. The zero-order valence-corrected chi connectivity index (χ0v) is 11.9. The van der Waals surface area contributed by atoms with Gasteiger partial charge in [-0.1, -0.05) is 0 Å². The average molecular weight is 272 g/mol. The van der Waals surface area contributed by atoms with Crippen molar-refractivity contribution in [3.63, 3.8) is 0 Å². The lowest BCUT2D eigenvalue weighted by molar-refractivity contribution is 0.415. The number of benzene rings is 1. The van der Waals surface area contributed by atoms with Crippen molar-refractivity contribution in [1.29, 1.82) is 0 Å². The first-order valence-corrected chi connectivity index (χ1v) is 6.66. The molecule has 2 rings (SSSR count). The molecule has 5 nitrogen and oxygen atoms in total. The van der Waals surface area contributed by atoms with Crippen molar-refractivity contribution in [1.82, 2.24) is 10.2 Å². The third-order valence-corrected chi connectivity index (χ3v) is 3.03. The van der Waals surface area contributed by atoms with E-state index >= 15 is 0 Å². The molecule has 0 spiro atoms. The van der Waals surface area contributed by atoms with E-state index in [1.807, 2.05) is 43.3 Å². The quantitative estimate of drug-likeness (QED) is 0.874. The zero-order chi connectivity index (χ0) is 14.4. The van der Waals surface area contributed by atoms with Crippen molar-refractivity contribution >= 4 is 11.5 Å². The second-order valence-corrected chi connectivity index (χ2v) is 4.52. The lowest BCUT2D eigenvalue weighted by atomic mass is 10.2. The highest BCUT2D eigenvalue weighted by molar-refractivity contribution is 5.60. The van der Waals surface area contributed by atoms with Crippen molar-refractivity contribution in [2.75, 3.05) is 25.1 Å². The molecule has 1 heterocycles. The first kappa shape index (κ1) is 14.3. The van der Waals surface area contributed by atoms with Crippen LogP contribution in [0.5, 0.6) is 5.75 Å². The fourth-order valence-electron chi connectivity index (χ4n) is 1.92. The molecule has 0 aliphatic carbocycles. The van der Waals surface area contributed by atoms with Crippen LogP contribution in [0.4, 0.5) is 11.5 Å². The topological polar surface area (TPSA) is 64.3 Å². The summed E-state index contributed by atoms with van der Waals surface area (Å²) in [6.45, 7) is 3.38. The van der Waals surface area contributed by atoms with Crippen molar-refractivity contribution in [3.8, 4) is 5.75 Å². The Balaban J connectivity index is 2.27. The molecule has 0 amide bonds. The van der Waals surface area contributed by atoms with Gasteiger partial charge in [-0.15, -0.1) is 5.10 Å². The predicted molar refractivity (Wildman–Crippen MR) is 80.4 cm³/mol. The number of hydrogen-bond acceptors (Lipinski definition) is 5.